The van der Waals surface area contributed by atoms with Gasteiger partial charge < -0.3 is 0 Å². The van der Waals surface area contributed by atoms with Crippen LogP contribution in [0.2, 0.25) is 0 Å². The van der Waals surface area contributed by atoms with Gasteiger partial charge in [0, 0.05) is 10.8 Å². The average Bonchev–Trinajstić information content (AvgIpc) is 2.43. The SMILES string of the molecule is Cc1cc(C2C=CC=CC=C2)cs1. The molecule has 1 aromatic heterocycles. The van der Waals surface area contributed by atoms with Crippen molar-refractivity contribution in [2.45, 2.75) is 12.8 Å². The van der Waals surface area contributed by atoms with E-state index in [-0.39, 0.29) is 0 Å². The minimum atomic E-state index is 0.458. The van der Waals surface area contributed by atoms with Gasteiger partial charge in [0.25, 0.3) is 0 Å². The van der Waals surface area contributed by atoms with Crippen molar-refractivity contribution in [1.29, 1.82) is 0 Å². The number of hydrogen-bond donors (Lipinski definition) is 0. The Kier molecular flexibility index (Phi) is 2.46. The number of rotatable bonds is 1. The fraction of sp³-hybridized carbons (Fsp3) is 0.167. The van der Waals surface area contributed by atoms with E-state index in [0.29, 0.717) is 5.92 Å². The first-order valence-electron chi connectivity index (χ1n) is 4.43. The fourth-order valence-electron chi connectivity index (χ4n) is 1.42. The summed E-state index contributed by atoms with van der Waals surface area (Å²) in [5, 5.41) is 2.24. The van der Waals surface area contributed by atoms with Gasteiger partial charge in [-0.3, -0.25) is 0 Å². The molecule has 2 rings (SSSR count). The molecule has 0 bridgehead atoms. The molecule has 1 heterocycles. The number of allylic oxidation sites excluding steroid dienone is 6. The number of aryl methyl sites for hydroxylation is 1. The molecule has 0 spiro atoms. The molecule has 13 heavy (non-hydrogen) atoms. The van der Waals surface area contributed by atoms with Gasteiger partial charge in [-0.05, 0) is 23.9 Å². The quantitative estimate of drug-likeness (QED) is 0.628. The Hall–Kier alpha value is -1.08. The summed E-state index contributed by atoms with van der Waals surface area (Å²) in [5.74, 6) is 0.458. The number of thiophene rings is 1. The van der Waals surface area contributed by atoms with Crippen LogP contribution in [0.15, 0.2) is 47.9 Å². The lowest BCUT2D eigenvalue weighted by Gasteiger charge is -2.02. The lowest BCUT2D eigenvalue weighted by atomic mass is 10.0. The molecule has 66 valence electrons. The van der Waals surface area contributed by atoms with Crippen LogP contribution in [0, 0.1) is 6.92 Å². The van der Waals surface area contributed by atoms with E-state index in [4.69, 9.17) is 0 Å². The normalized spacial score (nSPS) is 16.4. The minimum absolute atomic E-state index is 0.458. The largest absolute Gasteiger partial charge is 0.149 e. The Labute approximate surface area is 82.9 Å². The van der Waals surface area contributed by atoms with E-state index >= 15 is 0 Å². The predicted octanol–water partition coefficient (Wildman–Crippen LogP) is 3.82. The molecular formula is C12H12S. The highest BCUT2D eigenvalue weighted by Gasteiger charge is 2.05. The minimum Gasteiger partial charge on any atom is -0.149 e. The van der Waals surface area contributed by atoms with Gasteiger partial charge in [0.1, 0.15) is 0 Å². The van der Waals surface area contributed by atoms with Gasteiger partial charge in [-0.25, -0.2) is 0 Å². The van der Waals surface area contributed by atoms with Crippen LogP contribution in [0.5, 0.6) is 0 Å². The van der Waals surface area contributed by atoms with Gasteiger partial charge in [-0.15, -0.1) is 11.3 Å². The van der Waals surface area contributed by atoms with Crippen molar-refractivity contribution in [3.8, 4) is 0 Å². The Morgan fingerprint density at radius 3 is 2.31 bits per heavy atom. The summed E-state index contributed by atoms with van der Waals surface area (Å²) in [4.78, 5) is 1.38. The zero-order chi connectivity index (χ0) is 9.10. The maximum absolute atomic E-state index is 2.26. The molecule has 1 heteroatoms. The lowest BCUT2D eigenvalue weighted by molar-refractivity contribution is 1.10. The highest BCUT2D eigenvalue weighted by atomic mass is 32.1. The third-order valence-electron chi connectivity index (χ3n) is 2.11. The van der Waals surface area contributed by atoms with Crippen LogP contribution in [-0.2, 0) is 0 Å². The molecule has 0 atom stereocenters. The fourth-order valence-corrected chi connectivity index (χ4v) is 2.17. The van der Waals surface area contributed by atoms with Crippen LogP contribution in [0.1, 0.15) is 16.4 Å². The maximum atomic E-state index is 2.26. The molecule has 0 radical (unpaired) electrons. The molecule has 0 nitrogen and oxygen atoms in total. The van der Waals surface area contributed by atoms with Gasteiger partial charge in [-0.2, -0.15) is 0 Å². The van der Waals surface area contributed by atoms with Crippen LogP contribution in [0.3, 0.4) is 0 Å². The van der Waals surface area contributed by atoms with Crippen molar-refractivity contribution in [2.24, 2.45) is 0 Å². The van der Waals surface area contributed by atoms with E-state index in [0.717, 1.165) is 0 Å². The molecule has 0 aromatic carbocycles. The Bertz CT molecular complexity index is 350. The first kappa shape index (κ1) is 8.52. The van der Waals surface area contributed by atoms with Crippen molar-refractivity contribution >= 4 is 11.3 Å². The van der Waals surface area contributed by atoms with Crippen molar-refractivity contribution in [2.75, 3.05) is 0 Å². The van der Waals surface area contributed by atoms with Crippen molar-refractivity contribution in [1.82, 2.24) is 0 Å². The molecule has 0 saturated carbocycles. The third kappa shape index (κ3) is 1.99. The zero-order valence-corrected chi connectivity index (χ0v) is 8.42. The van der Waals surface area contributed by atoms with Crippen LogP contribution in [-0.4, -0.2) is 0 Å². The second-order valence-electron chi connectivity index (χ2n) is 3.17. The summed E-state index contributed by atoms with van der Waals surface area (Å²) < 4.78 is 0. The van der Waals surface area contributed by atoms with Crippen molar-refractivity contribution in [3.63, 3.8) is 0 Å². The summed E-state index contributed by atoms with van der Waals surface area (Å²) in [6, 6.07) is 2.26. The summed E-state index contributed by atoms with van der Waals surface area (Å²) >= 11 is 1.82. The second-order valence-corrected chi connectivity index (χ2v) is 4.29. The predicted molar refractivity (Wildman–Crippen MR) is 59.2 cm³/mol. The molecule has 0 saturated heterocycles. The Morgan fingerprint density at radius 2 is 1.77 bits per heavy atom. The standard InChI is InChI=1S/C12H12S/c1-10-8-12(9-13-10)11-6-4-2-3-5-7-11/h2-9,11H,1H3. The van der Waals surface area contributed by atoms with Gasteiger partial charge in [0.15, 0.2) is 0 Å². The second kappa shape index (κ2) is 3.75. The molecule has 0 N–H and O–H groups in total. The maximum Gasteiger partial charge on any atom is 0.0213 e. The molecule has 1 aromatic rings. The number of hydrogen-bond acceptors (Lipinski definition) is 1. The smallest absolute Gasteiger partial charge is 0.0213 e. The lowest BCUT2D eigenvalue weighted by Crippen LogP contribution is -1.86. The van der Waals surface area contributed by atoms with Crippen molar-refractivity contribution in [3.05, 3.63) is 58.3 Å². The Balaban J connectivity index is 2.26. The molecule has 1 aliphatic carbocycles. The molecule has 0 fully saturated rings. The molecule has 0 amide bonds. The van der Waals surface area contributed by atoms with Gasteiger partial charge in [-0.1, -0.05) is 36.5 Å². The van der Waals surface area contributed by atoms with E-state index in [1.807, 2.05) is 11.3 Å². The van der Waals surface area contributed by atoms with Crippen LogP contribution in [0.25, 0.3) is 0 Å². The summed E-state index contributed by atoms with van der Waals surface area (Å²) in [6.07, 6.45) is 12.8. The monoisotopic (exact) mass is 188 g/mol. The molecule has 0 unspecified atom stereocenters. The van der Waals surface area contributed by atoms with Crippen LogP contribution >= 0.6 is 11.3 Å². The van der Waals surface area contributed by atoms with Gasteiger partial charge in [0.2, 0.25) is 0 Å². The molecular weight excluding hydrogens is 176 g/mol. The highest BCUT2D eigenvalue weighted by Crippen LogP contribution is 2.25. The first-order valence-corrected chi connectivity index (χ1v) is 5.31. The van der Waals surface area contributed by atoms with Gasteiger partial charge >= 0.3 is 0 Å². The summed E-state index contributed by atoms with van der Waals surface area (Å²) in [7, 11) is 0. The zero-order valence-electron chi connectivity index (χ0n) is 7.60. The molecule has 1 aliphatic rings. The van der Waals surface area contributed by atoms with E-state index in [2.05, 4.69) is 54.8 Å². The van der Waals surface area contributed by atoms with Gasteiger partial charge in [0.05, 0.1) is 0 Å². The van der Waals surface area contributed by atoms with E-state index in [1.165, 1.54) is 10.4 Å². The van der Waals surface area contributed by atoms with Crippen LogP contribution in [0.4, 0.5) is 0 Å². The molecule has 0 aliphatic heterocycles. The topological polar surface area (TPSA) is 0 Å². The summed E-state index contributed by atoms with van der Waals surface area (Å²) in [6.45, 7) is 2.15. The van der Waals surface area contributed by atoms with E-state index in [1.54, 1.807) is 0 Å². The van der Waals surface area contributed by atoms with E-state index in [9.17, 15) is 0 Å². The third-order valence-corrected chi connectivity index (χ3v) is 2.99. The first-order chi connectivity index (χ1) is 6.36. The highest BCUT2D eigenvalue weighted by molar-refractivity contribution is 7.10. The van der Waals surface area contributed by atoms with Crippen LogP contribution < -0.4 is 0 Å². The average molecular weight is 188 g/mol. The Morgan fingerprint density at radius 1 is 1.08 bits per heavy atom. The summed E-state index contributed by atoms with van der Waals surface area (Å²) in [5.41, 5.74) is 1.40. The van der Waals surface area contributed by atoms with E-state index < -0.39 is 0 Å². The van der Waals surface area contributed by atoms with Crippen molar-refractivity contribution < 1.29 is 0 Å².